The Morgan fingerprint density at radius 2 is 1.97 bits per heavy atom. The van der Waals surface area contributed by atoms with Crippen LogP contribution in [-0.4, -0.2) is 44.7 Å². The lowest BCUT2D eigenvalue weighted by Gasteiger charge is -2.30. The van der Waals surface area contributed by atoms with Crippen molar-refractivity contribution < 1.29 is 13.3 Å². The Bertz CT molecular complexity index is 1490. The average molecular weight is 463 g/mol. The van der Waals surface area contributed by atoms with Crippen molar-refractivity contribution in [2.24, 2.45) is 0 Å². The Hall–Kier alpha value is -4.54. The molecule has 0 aliphatic carbocycles. The molecule has 172 valence electrons. The fourth-order valence-corrected chi connectivity index (χ4v) is 3.85. The summed E-state index contributed by atoms with van der Waals surface area (Å²) in [6.07, 6.45) is 2.32. The first-order chi connectivity index (χ1) is 17.6. The molecule has 0 unspecified atom stereocenters. The van der Waals surface area contributed by atoms with Gasteiger partial charge in [0.05, 0.1) is 41.1 Å². The van der Waals surface area contributed by atoms with E-state index in [1.54, 1.807) is 10.7 Å². The monoisotopic (exact) mass is 462 g/mol. The Labute approximate surface area is 199 Å². The van der Waals surface area contributed by atoms with Crippen LogP contribution in [0.5, 0.6) is 0 Å². The second-order valence-corrected chi connectivity index (χ2v) is 7.70. The molecule has 10 nitrogen and oxygen atoms in total. The predicted octanol–water partition coefficient (Wildman–Crippen LogP) is 3.30. The minimum atomic E-state index is -2.68. The van der Waals surface area contributed by atoms with E-state index in [1.165, 1.54) is 18.3 Å². The molecule has 0 bridgehead atoms. The van der Waals surface area contributed by atoms with Crippen molar-refractivity contribution in [2.75, 3.05) is 29.6 Å². The van der Waals surface area contributed by atoms with Crippen LogP contribution in [0.25, 0.3) is 5.69 Å². The largest absolute Gasteiger partial charge is 0.364 e. The molecule has 1 amide bonds. The second kappa shape index (κ2) is 8.43. The topological polar surface area (TPSA) is 113 Å². The molecule has 1 aliphatic heterocycles. The molecule has 1 aliphatic rings. The standard InChI is InChI=1S/C23H22FN9O/c1-13-28-21-12-32(3)22-16(5-4-6-18(22)33(21)31-13)29-17-9-20(27-11-15(17)23(34)25-2)30-19-8-7-14(24)10-26-19/h4-11H,12H2,1-3H3,(H,25,34)(H2,26,27,29,30)/i2D3. The highest BCUT2D eigenvalue weighted by Crippen LogP contribution is 2.38. The Morgan fingerprint density at radius 3 is 2.76 bits per heavy atom. The quantitative estimate of drug-likeness (QED) is 0.414. The molecule has 5 rings (SSSR count). The summed E-state index contributed by atoms with van der Waals surface area (Å²) in [6, 6.07) is 9.83. The third-order valence-electron chi connectivity index (χ3n) is 5.30. The first kappa shape index (κ1) is 18.0. The van der Waals surface area contributed by atoms with Gasteiger partial charge < -0.3 is 20.9 Å². The number of halogens is 1. The zero-order valence-electron chi connectivity index (χ0n) is 21.3. The van der Waals surface area contributed by atoms with Crippen LogP contribution in [0, 0.1) is 12.7 Å². The maximum atomic E-state index is 13.3. The highest BCUT2D eigenvalue weighted by molar-refractivity contribution is 6.01. The summed E-state index contributed by atoms with van der Waals surface area (Å²) in [4.78, 5) is 27.5. The van der Waals surface area contributed by atoms with E-state index in [0.717, 1.165) is 23.4 Å². The van der Waals surface area contributed by atoms with Crippen LogP contribution in [0.4, 0.5) is 33.1 Å². The van der Waals surface area contributed by atoms with Crippen LogP contribution in [0.2, 0.25) is 0 Å². The SMILES string of the molecule is [2H]C([2H])([2H])NC(=O)c1cnc(Nc2ccc(F)cn2)cc1Nc1cccc2c1N(C)Cc1nc(C)nn1-2. The molecule has 0 spiro atoms. The van der Waals surface area contributed by atoms with Gasteiger partial charge in [0, 0.05) is 30.4 Å². The highest BCUT2D eigenvalue weighted by Gasteiger charge is 2.25. The molecule has 0 saturated heterocycles. The molecule has 0 fully saturated rings. The number of amides is 1. The van der Waals surface area contributed by atoms with E-state index in [9.17, 15) is 9.18 Å². The molecule has 4 aromatic rings. The summed E-state index contributed by atoms with van der Waals surface area (Å²) in [5.41, 5.74) is 2.57. The minimum Gasteiger partial charge on any atom is -0.364 e. The lowest BCUT2D eigenvalue weighted by Crippen LogP contribution is -2.27. The molecule has 4 heterocycles. The van der Waals surface area contributed by atoms with Crippen molar-refractivity contribution in [3.8, 4) is 5.69 Å². The van der Waals surface area contributed by atoms with Crippen molar-refractivity contribution >= 4 is 34.6 Å². The van der Waals surface area contributed by atoms with Gasteiger partial charge in [-0.05, 0) is 31.2 Å². The van der Waals surface area contributed by atoms with Crippen LogP contribution in [0.1, 0.15) is 26.1 Å². The summed E-state index contributed by atoms with van der Waals surface area (Å²) in [5, 5.41) is 12.7. The highest BCUT2D eigenvalue weighted by atomic mass is 19.1. The minimum absolute atomic E-state index is 0.0158. The Balaban J connectivity index is 1.56. The number of anilines is 5. The number of nitrogens with one attached hydrogen (secondary N) is 3. The summed E-state index contributed by atoms with van der Waals surface area (Å²) in [7, 11) is 1.92. The van der Waals surface area contributed by atoms with Gasteiger partial charge in [-0.15, -0.1) is 0 Å². The third-order valence-corrected chi connectivity index (χ3v) is 5.30. The number of carbonyl (C=O) groups is 1. The molecule has 3 N–H and O–H groups in total. The zero-order chi connectivity index (χ0) is 26.3. The van der Waals surface area contributed by atoms with Gasteiger partial charge in [-0.2, -0.15) is 5.10 Å². The number of aryl methyl sites for hydroxylation is 1. The summed E-state index contributed by atoms with van der Waals surface area (Å²) >= 11 is 0. The van der Waals surface area contributed by atoms with E-state index in [1.807, 2.05) is 42.4 Å². The molecule has 0 saturated carbocycles. The fraction of sp³-hybridized carbons (Fsp3) is 0.174. The molecular formula is C23H22FN9O. The molecule has 34 heavy (non-hydrogen) atoms. The predicted molar refractivity (Wildman–Crippen MR) is 127 cm³/mol. The van der Waals surface area contributed by atoms with E-state index in [2.05, 4.69) is 30.7 Å². The summed E-state index contributed by atoms with van der Waals surface area (Å²) < 4.78 is 37.3. The van der Waals surface area contributed by atoms with Gasteiger partial charge in [-0.1, -0.05) is 6.07 Å². The van der Waals surface area contributed by atoms with E-state index < -0.39 is 18.7 Å². The maximum absolute atomic E-state index is 13.3. The summed E-state index contributed by atoms with van der Waals surface area (Å²) in [6.45, 7) is -0.348. The van der Waals surface area contributed by atoms with E-state index in [0.29, 0.717) is 35.4 Å². The number of para-hydroxylation sites is 1. The number of aromatic nitrogens is 5. The van der Waals surface area contributed by atoms with Gasteiger partial charge in [0.2, 0.25) is 0 Å². The van der Waals surface area contributed by atoms with Gasteiger partial charge >= 0.3 is 0 Å². The van der Waals surface area contributed by atoms with E-state index >= 15 is 0 Å². The van der Waals surface area contributed by atoms with Crippen LogP contribution < -0.4 is 20.9 Å². The third kappa shape index (κ3) is 3.87. The van der Waals surface area contributed by atoms with Gasteiger partial charge in [0.15, 0.2) is 5.82 Å². The number of pyridine rings is 2. The van der Waals surface area contributed by atoms with Crippen molar-refractivity contribution in [3.05, 3.63) is 71.8 Å². The molecule has 1 aromatic carbocycles. The first-order valence-corrected chi connectivity index (χ1v) is 10.3. The molecule has 0 radical (unpaired) electrons. The second-order valence-electron chi connectivity index (χ2n) is 7.70. The number of nitrogens with zero attached hydrogens (tertiary/aromatic N) is 6. The smallest absolute Gasteiger partial charge is 0.254 e. The number of hydrogen-bond donors (Lipinski definition) is 3. The summed E-state index contributed by atoms with van der Waals surface area (Å²) in [5.74, 6) is 0.780. The molecule has 11 heteroatoms. The van der Waals surface area contributed by atoms with Crippen molar-refractivity contribution in [1.82, 2.24) is 30.0 Å². The van der Waals surface area contributed by atoms with Gasteiger partial charge in [0.25, 0.3) is 5.91 Å². The number of hydrogen-bond acceptors (Lipinski definition) is 8. The number of rotatable bonds is 5. The van der Waals surface area contributed by atoms with Gasteiger partial charge in [0.1, 0.15) is 23.3 Å². The van der Waals surface area contributed by atoms with Crippen molar-refractivity contribution in [3.63, 3.8) is 0 Å². The normalized spacial score (nSPS) is 13.7. The lowest BCUT2D eigenvalue weighted by atomic mass is 10.1. The Morgan fingerprint density at radius 1 is 1.12 bits per heavy atom. The maximum Gasteiger partial charge on any atom is 0.254 e. The van der Waals surface area contributed by atoms with Gasteiger partial charge in [-0.3, -0.25) is 4.79 Å². The van der Waals surface area contributed by atoms with E-state index in [4.69, 9.17) is 4.11 Å². The molecular weight excluding hydrogens is 437 g/mol. The number of benzene rings is 1. The average Bonchev–Trinajstić information content (AvgIpc) is 3.20. The lowest BCUT2D eigenvalue weighted by molar-refractivity contribution is 0.0963. The van der Waals surface area contributed by atoms with Gasteiger partial charge in [-0.25, -0.2) is 24.0 Å². The van der Waals surface area contributed by atoms with E-state index in [-0.39, 0.29) is 5.56 Å². The zero-order valence-corrected chi connectivity index (χ0v) is 18.3. The molecule has 3 aromatic heterocycles. The van der Waals surface area contributed by atoms with Crippen molar-refractivity contribution in [2.45, 2.75) is 13.5 Å². The van der Waals surface area contributed by atoms with Crippen LogP contribution >= 0.6 is 0 Å². The van der Waals surface area contributed by atoms with Crippen LogP contribution in [-0.2, 0) is 6.54 Å². The fourth-order valence-electron chi connectivity index (χ4n) is 3.85. The Kier molecular flexibility index (Phi) is 4.45. The van der Waals surface area contributed by atoms with Crippen LogP contribution in [0.3, 0.4) is 0 Å². The van der Waals surface area contributed by atoms with Crippen molar-refractivity contribution in [1.29, 1.82) is 0 Å². The number of carbonyl (C=O) groups excluding carboxylic acids is 1. The molecule has 0 atom stereocenters. The number of fused-ring (bicyclic) bond motifs is 3. The van der Waals surface area contributed by atoms with Crippen LogP contribution in [0.15, 0.2) is 48.8 Å². The first-order valence-electron chi connectivity index (χ1n) is 11.8.